The average molecular weight is 373 g/mol. The van der Waals surface area contributed by atoms with Crippen LogP contribution in [0.3, 0.4) is 0 Å². The molecule has 3 aromatic rings. The van der Waals surface area contributed by atoms with Crippen molar-refractivity contribution in [3.05, 3.63) is 83.9 Å². The van der Waals surface area contributed by atoms with E-state index in [4.69, 9.17) is 4.84 Å². The summed E-state index contributed by atoms with van der Waals surface area (Å²) < 4.78 is 0. The Morgan fingerprint density at radius 1 is 0.964 bits per heavy atom. The third-order valence-corrected chi connectivity index (χ3v) is 5.27. The molecular formula is C25H27NO2. The number of hydrogen-bond donors (Lipinski definition) is 0. The molecule has 0 radical (unpaired) electrons. The first kappa shape index (κ1) is 19.8. The number of nitrogens with zero attached hydrogens (tertiary/aromatic N) is 1. The summed E-state index contributed by atoms with van der Waals surface area (Å²) in [4.78, 5) is 17.9. The molecule has 0 amide bonds. The van der Waals surface area contributed by atoms with E-state index in [0.717, 1.165) is 23.8 Å². The van der Waals surface area contributed by atoms with Crippen LogP contribution in [0.5, 0.6) is 0 Å². The zero-order valence-electron chi connectivity index (χ0n) is 16.8. The summed E-state index contributed by atoms with van der Waals surface area (Å²) in [5.41, 5.74) is 2.90. The molecule has 0 saturated carbocycles. The van der Waals surface area contributed by atoms with E-state index in [2.05, 4.69) is 48.5 Å². The molecule has 0 aliphatic carbocycles. The molecule has 0 N–H and O–H groups in total. The van der Waals surface area contributed by atoms with Crippen molar-refractivity contribution in [2.24, 2.45) is 11.1 Å². The van der Waals surface area contributed by atoms with Crippen molar-refractivity contribution >= 4 is 22.5 Å². The minimum Gasteiger partial charge on any atom is -0.318 e. The van der Waals surface area contributed by atoms with Gasteiger partial charge in [0.1, 0.15) is 0 Å². The molecule has 0 fully saturated rings. The summed E-state index contributed by atoms with van der Waals surface area (Å²) in [6.45, 7) is 6.03. The molecule has 0 saturated heterocycles. The first-order chi connectivity index (χ1) is 13.6. The van der Waals surface area contributed by atoms with Gasteiger partial charge in [0.05, 0.1) is 11.6 Å². The first-order valence-corrected chi connectivity index (χ1v) is 9.88. The highest BCUT2D eigenvalue weighted by Gasteiger charge is 2.22. The molecule has 0 aliphatic heterocycles. The minimum absolute atomic E-state index is 0.164. The lowest BCUT2D eigenvalue weighted by Crippen LogP contribution is -2.18. The highest BCUT2D eigenvalue weighted by molar-refractivity contribution is 6.01. The lowest BCUT2D eigenvalue weighted by Gasteiger charge is -2.17. The van der Waals surface area contributed by atoms with E-state index >= 15 is 0 Å². The van der Waals surface area contributed by atoms with Gasteiger partial charge in [-0.15, -0.1) is 0 Å². The molecule has 2 atom stereocenters. The molecule has 144 valence electrons. The molecule has 0 bridgehead atoms. The average Bonchev–Trinajstić information content (AvgIpc) is 2.75. The van der Waals surface area contributed by atoms with Gasteiger partial charge in [-0.05, 0) is 53.6 Å². The Morgan fingerprint density at radius 2 is 1.64 bits per heavy atom. The van der Waals surface area contributed by atoms with E-state index in [0.29, 0.717) is 11.6 Å². The second kappa shape index (κ2) is 9.32. The van der Waals surface area contributed by atoms with E-state index in [1.807, 2.05) is 50.2 Å². The molecular weight excluding hydrogens is 346 g/mol. The van der Waals surface area contributed by atoms with Crippen molar-refractivity contribution in [3.63, 3.8) is 0 Å². The SMILES string of the molecule is CCC(CC(C)c1ccccc1)C(=O)ON=C(C)c1ccc2ccccc2c1. The fourth-order valence-corrected chi connectivity index (χ4v) is 3.43. The molecule has 3 aromatic carbocycles. The van der Waals surface area contributed by atoms with E-state index < -0.39 is 0 Å². The highest BCUT2D eigenvalue weighted by atomic mass is 16.7. The van der Waals surface area contributed by atoms with E-state index in [1.165, 1.54) is 10.9 Å². The Hall–Kier alpha value is -2.94. The van der Waals surface area contributed by atoms with Crippen LogP contribution in [-0.4, -0.2) is 11.7 Å². The Morgan fingerprint density at radius 3 is 2.36 bits per heavy atom. The van der Waals surface area contributed by atoms with Crippen LogP contribution in [0, 0.1) is 5.92 Å². The Bertz CT molecular complexity index is 962. The van der Waals surface area contributed by atoms with Gasteiger partial charge in [0.2, 0.25) is 0 Å². The van der Waals surface area contributed by atoms with Gasteiger partial charge in [0.25, 0.3) is 0 Å². The fraction of sp³-hybridized carbons (Fsp3) is 0.280. The largest absolute Gasteiger partial charge is 0.338 e. The van der Waals surface area contributed by atoms with Crippen molar-refractivity contribution in [2.45, 2.75) is 39.5 Å². The predicted molar refractivity (Wildman–Crippen MR) is 116 cm³/mol. The van der Waals surface area contributed by atoms with Crippen LogP contribution in [0.15, 0.2) is 78.0 Å². The van der Waals surface area contributed by atoms with Crippen molar-refractivity contribution in [3.8, 4) is 0 Å². The Kier molecular flexibility index (Phi) is 6.59. The van der Waals surface area contributed by atoms with Crippen LogP contribution < -0.4 is 0 Å². The number of benzene rings is 3. The van der Waals surface area contributed by atoms with Gasteiger partial charge in [-0.2, -0.15) is 0 Å². The van der Waals surface area contributed by atoms with Crippen LogP contribution in [0.4, 0.5) is 0 Å². The molecule has 3 rings (SSSR count). The number of fused-ring (bicyclic) bond motifs is 1. The number of carbonyl (C=O) groups excluding carboxylic acids is 1. The minimum atomic E-state index is -0.259. The van der Waals surface area contributed by atoms with Gasteiger partial charge >= 0.3 is 5.97 Å². The van der Waals surface area contributed by atoms with Gasteiger partial charge in [0.15, 0.2) is 0 Å². The fourth-order valence-electron chi connectivity index (χ4n) is 3.43. The number of oxime groups is 1. The second-order valence-corrected chi connectivity index (χ2v) is 7.30. The zero-order valence-corrected chi connectivity index (χ0v) is 16.8. The lowest BCUT2D eigenvalue weighted by molar-refractivity contribution is -0.149. The summed E-state index contributed by atoms with van der Waals surface area (Å²) in [5, 5.41) is 6.44. The van der Waals surface area contributed by atoms with Crippen molar-refractivity contribution < 1.29 is 9.63 Å². The highest BCUT2D eigenvalue weighted by Crippen LogP contribution is 2.26. The van der Waals surface area contributed by atoms with Crippen LogP contribution >= 0.6 is 0 Å². The molecule has 28 heavy (non-hydrogen) atoms. The monoisotopic (exact) mass is 373 g/mol. The quantitative estimate of drug-likeness (QED) is 0.276. The van der Waals surface area contributed by atoms with Crippen LogP contribution in [0.25, 0.3) is 10.8 Å². The molecule has 0 aromatic heterocycles. The standard InChI is InChI=1S/C25H27NO2/c1-4-20(16-18(2)21-10-6-5-7-11-21)25(27)28-26-19(3)23-15-14-22-12-8-9-13-24(22)17-23/h5-15,17-18,20H,4,16H2,1-3H3. The number of hydrogen-bond acceptors (Lipinski definition) is 3. The third kappa shape index (κ3) is 4.86. The van der Waals surface area contributed by atoms with Crippen molar-refractivity contribution in [1.29, 1.82) is 0 Å². The van der Waals surface area contributed by atoms with E-state index in [-0.39, 0.29) is 11.9 Å². The van der Waals surface area contributed by atoms with Crippen LogP contribution in [0.2, 0.25) is 0 Å². The number of rotatable bonds is 7. The van der Waals surface area contributed by atoms with Gasteiger partial charge in [-0.1, -0.05) is 85.7 Å². The second-order valence-electron chi connectivity index (χ2n) is 7.30. The summed E-state index contributed by atoms with van der Waals surface area (Å²) in [7, 11) is 0. The molecule has 3 heteroatoms. The Balaban J connectivity index is 1.65. The zero-order chi connectivity index (χ0) is 19.9. The maximum Gasteiger partial charge on any atom is 0.338 e. The summed E-state index contributed by atoms with van der Waals surface area (Å²) >= 11 is 0. The Labute approximate surface area is 167 Å². The van der Waals surface area contributed by atoms with Crippen molar-refractivity contribution in [2.75, 3.05) is 0 Å². The maximum atomic E-state index is 12.6. The molecule has 3 nitrogen and oxygen atoms in total. The first-order valence-electron chi connectivity index (χ1n) is 9.88. The van der Waals surface area contributed by atoms with E-state index in [9.17, 15) is 4.79 Å². The summed E-state index contributed by atoms with van der Waals surface area (Å²) in [5.74, 6) is -0.127. The maximum absolute atomic E-state index is 12.6. The predicted octanol–water partition coefficient (Wildman–Crippen LogP) is 6.33. The van der Waals surface area contributed by atoms with Gasteiger partial charge < -0.3 is 4.84 Å². The van der Waals surface area contributed by atoms with Gasteiger partial charge in [-0.25, -0.2) is 4.79 Å². The molecule has 0 spiro atoms. The summed E-state index contributed by atoms with van der Waals surface area (Å²) in [6.07, 6.45) is 1.49. The van der Waals surface area contributed by atoms with Gasteiger partial charge in [-0.3, -0.25) is 0 Å². The van der Waals surface area contributed by atoms with E-state index in [1.54, 1.807) is 0 Å². The summed E-state index contributed by atoms with van der Waals surface area (Å²) in [6, 6.07) is 24.6. The third-order valence-electron chi connectivity index (χ3n) is 5.27. The number of carbonyl (C=O) groups is 1. The lowest BCUT2D eigenvalue weighted by atomic mass is 9.89. The normalized spacial score (nSPS) is 13.9. The molecule has 2 unspecified atom stereocenters. The van der Waals surface area contributed by atoms with Crippen molar-refractivity contribution in [1.82, 2.24) is 0 Å². The van der Waals surface area contributed by atoms with Crippen LogP contribution in [0.1, 0.15) is 50.7 Å². The topological polar surface area (TPSA) is 38.7 Å². The molecule has 0 heterocycles. The molecule has 0 aliphatic rings. The van der Waals surface area contributed by atoms with Crippen LogP contribution in [-0.2, 0) is 9.63 Å². The van der Waals surface area contributed by atoms with Gasteiger partial charge in [0, 0.05) is 0 Å². The smallest absolute Gasteiger partial charge is 0.318 e.